The van der Waals surface area contributed by atoms with Gasteiger partial charge in [-0.25, -0.2) is 9.59 Å². The molecular weight excluding hydrogens is 260 g/mol. The summed E-state index contributed by atoms with van der Waals surface area (Å²) in [5, 5.41) is 19.6. The molecule has 0 saturated heterocycles. The van der Waals surface area contributed by atoms with Crippen molar-refractivity contribution in [2.45, 2.75) is 19.4 Å². The summed E-state index contributed by atoms with van der Waals surface area (Å²) in [6.45, 7) is 1.77. The predicted octanol–water partition coefficient (Wildman–Crippen LogP) is 0.191. The maximum atomic E-state index is 11.3. The summed E-state index contributed by atoms with van der Waals surface area (Å²) in [7, 11) is 0. The first-order valence-corrected chi connectivity index (χ1v) is 5.27. The van der Waals surface area contributed by atoms with Crippen molar-refractivity contribution >= 4 is 23.9 Å². The van der Waals surface area contributed by atoms with E-state index >= 15 is 0 Å². The highest BCUT2D eigenvalue weighted by atomic mass is 16.5. The first-order valence-electron chi connectivity index (χ1n) is 5.27. The monoisotopic (exact) mass is 272 g/mol. The minimum absolute atomic E-state index is 0.135. The number of carboxylic acid groups (broad SMARTS) is 2. The van der Waals surface area contributed by atoms with Gasteiger partial charge >= 0.3 is 17.9 Å². The van der Waals surface area contributed by atoms with Crippen LogP contribution in [0.4, 0.5) is 6.01 Å². The number of hydrogen-bond donors (Lipinski definition) is 3. The van der Waals surface area contributed by atoms with E-state index in [2.05, 4.69) is 15.0 Å². The molecule has 19 heavy (non-hydrogen) atoms. The number of nitrogens with zero attached hydrogens (tertiary/aromatic N) is 1. The van der Waals surface area contributed by atoms with Gasteiger partial charge in [-0.15, -0.1) is 0 Å². The fourth-order valence-electron chi connectivity index (χ4n) is 1.16. The van der Waals surface area contributed by atoms with Gasteiger partial charge in [0.2, 0.25) is 0 Å². The predicted molar refractivity (Wildman–Crippen MR) is 59.8 cm³/mol. The zero-order valence-electron chi connectivity index (χ0n) is 9.95. The SMILES string of the molecule is CCOC(=O)c1coc(NC(CC(=O)O)C(=O)O)n1. The van der Waals surface area contributed by atoms with E-state index in [1.807, 2.05) is 0 Å². The number of carboxylic acids is 2. The van der Waals surface area contributed by atoms with Gasteiger partial charge in [0.1, 0.15) is 12.3 Å². The van der Waals surface area contributed by atoms with Gasteiger partial charge in [-0.1, -0.05) is 0 Å². The number of carbonyl (C=O) groups is 3. The van der Waals surface area contributed by atoms with Crippen molar-refractivity contribution in [2.75, 3.05) is 11.9 Å². The van der Waals surface area contributed by atoms with Crippen LogP contribution in [0.3, 0.4) is 0 Å². The van der Waals surface area contributed by atoms with Gasteiger partial charge in [0.25, 0.3) is 6.01 Å². The number of aliphatic carboxylic acids is 2. The van der Waals surface area contributed by atoms with Crippen LogP contribution in [0.5, 0.6) is 0 Å². The number of nitrogens with one attached hydrogen (secondary N) is 1. The van der Waals surface area contributed by atoms with Crippen LogP contribution in [0.15, 0.2) is 10.7 Å². The van der Waals surface area contributed by atoms with Gasteiger partial charge < -0.3 is 24.7 Å². The number of esters is 1. The summed E-state index contributed by atoms with van der Waals surface area (Å²) in [6.07, 6.45) is 0.326. The molecule has 0 fully saturated rings. The van der Waals surface area contributed by atoms with E-state index in [9.17, 15) is 14.4 Å². The summed E-state index contributed by atoms with van der Waals surface area (Å²) in [6, 6.07) is -1.68. The smallest absolute Gasteiger partial charge is 0.360 e. The van der Waals surface area contributed by atoms with E-state index in [1.165, 1.54) is 0 Å². The van der Waals surface area contributed by atoms with Crippen molar-refractivity contribution < 1.29 is 33.8 Å². The van der Waals surface area contributed by atoms with E-state index in [0.717, 1.165) is 6.26 Å². The Morgan fingerprint density at radius 3 is 2.68 bits per heavy atom. The van der Waals surface area contributed by atoms with Crippen LogP contribution < -0.4 is 5.32 Å². The number of carbonyl (C=O) groups excluding carboxylic acids is 1. The molecule has 1 aromatic heterocycles. The van der Waals surface area contributed by atoms with E-state index in [0.29, 0.717) is 0 Å². The lowest BCUT2D eigenvalue weighted by Crippen LogP contribution is -2.31. The van der Waals surface area contributed by atoms with Gasteiger partial charge in [0, 0.05) is 0 Å². The molecule has 9 heteroatoms. The van der Waals surface area contributed by atoms with Gasteiger partial charge in [0.15, 0.2) is 5.69 Å². The standard InChI is InChI=1S/C10H12N2O7/c1-2-18-9(17)6-4-19-10(12-6)11-5(8(15)16)3-7(13)14/h4-5H,2-3H2,1H3,(H,11,12)(H,13,14)(H,15,16). The molecular formula is C10H12N2O7. The molecule has 9 nitrogen and oxygen atoms in total. The normalized spacial score (nSPS) is 11.6. The van der Waals surface area contributed by atoms with Crippen LogP contribution >= 0.6 is 0 Å². The Balaban J connectivity index is 2.72. The van der Waals surface area contributed by atoms with Gasteiger partial charge in [-0.3, -0.25) is 4.79 Å². The maximum absolute atomic E-state index is 11.3. The quantitative estimate of drug-likeness (QED) is 0.593. The lowest BCUT2D eigenvalue weighted by Gasteiger charge is -2.09. The van der Waals surface area contributed by atoms with E-state index in [1.54, 1.807) is 6.92 Å². The lowest BCUT2D eigenvalue weighted by molar-refractivity contribution is -0.144. The number of aromatic nitrogens is 1. The first kappa shape index (κ1) is 14.5. The molecule has 1 aromatic rings. The molecule has 1 atom stereocenters. The minimum atomic E-state index is -1.41. The maximum Gasteiger partial charge on any atom is 0.360 e. The molecule has 0 spiro atoms. The van der Waals surface area contributed by atoms with Crippen molar-refractivity contribution in [1.29, 1.82) is 0 Å². The second kappa shape index (κ2) is 6.38. The van der Waals surface area contributed by atoms with Crippen molar-refractivity contribution in [2.24, 2.45) is 0 Å². The fourth-order valence-corrected chi connectivity index (χ4v) is 1.16. The molecule has 0 amide bonds. The molecule has 1 unspecified atom stereocenters. The Hall–Kier alpha value is -2.58. The van der Waals surface area contributed by atoms with Crippen molar-refractivity contribution in [3.63, 3.8) is 0 Å². The summed E-state index contributed by atoms with van der Waals surface area (Å²) in [5.74, 6) is -3.39. The number of rotatable bonds is 7. The molecule has 0 saturated carbocycles. The highest BCUT2D eigenvalue weighted by Gasteiger charge is 2.23. The summed E-state index contributed by atoms with van der Waals surface area (Å²) >= 11 is 0. The Bertz CT molecular complexity index is 482. The zero-order chi connectivity index (χ0) is 14.4. The van der Waals surface area contributed by atoms with Gasteiger partial charge in [0.05, 0.1) is 13.0 Å². The van der Waals surface area contributed by atoms with E-state index in [4.69, 9.17) is 14.6 Å². The fraction of sp³-hybridized carbons (Fsp3) is 0.400. The van der Waals surface area contributed by atoms with Crippen LogP contribution in [-0.2, 0) is 14.3 Å². The molecule has 0 bridgehead atoms. The van der Waals surface area contributed by atoms with Crippen LogP contribution in [0, 0.1) is 0 Å². The number of oxazole rings is 1. The van der Waals surface area contributed by atoms with Crippen molar-refractivity contribution in [3.05, 3.63) is 12.0 Å². The lowest BCUT2D eigenvalue weighted by atomic mass is 10.2. The largest absolute Gasteiger partial charge is 0.481 e. The van der Waals surface area contributed by atoms with Crippen LogP contribution in [0.25, 0.3) is 0 Å². The Kier molecular flexibility index (Phi) is 4.86. The molecule has 0 aromatic carbocycles. The Labute approximate surface area is 107 Å². The van der Waals surface area contributed by atoms with Crippen LogP contribution in [0.2, 0.25) is 0 Å². The Morgan fingerprint density at radius 1 is 1.47 bits per heavy atom. The summed E-state index contributed by atoms with van der Waals surface area (Å²) in [4.78, 5) is 36.2. The molecule has 0 radical (unpaired) electrons. The summed E-state index contributed by atoms with van der Waals surface area (Å²) < 4.78 is 9.47. The number of anilines is 1. The van der Waals surface area contributed by atoms with Gasteiger partial charge in [-0.2, -0.15) is 4.98 Å². The molecule has 3 N–H and O–H groups in total. The van der Waals surface area contributed by atoms with Crippen LogP contribution in [-0.4, -0.2) is 45.8 Å². The average molecular weight is 272 g/mol. The number of ether oxygens (including phenoxy) is 1. The number of hydrogen-bond acceptors (Lipinski definition) is 7. The topological polar surface area (TPSA) is 139 Å². The third-order valence-corrected chi connectivity index (χ3v) is 1.96. The van der Waals surface area contributed by atoms with Gasteiger partial charge in [-0.05, 0) is 6.92 Å². The van der Waals surface area contributed by atoms with E-state index in [-0.39, 0.29) is 18.3 Å². The molecule has 0 aliphatic heterocycles. The molecule has 1 rings (SSSR count). The van der Waals surface area contributed by atoms with Crippen LogP contribution in [0.1, 0.15) is 23.8 Å². The molecule has 0 aliphatic carbocycles. The van der Waals surface area contributed by atoms with Crippen molar-refractivity contribution in [3.8, 4) is 0 Å². The zero-order valence-corrected chi connectivity index (χ0v) is 9.95. The first-order chi connectivity index (χ1) is 8.93. The third kappa shape index (κ3) is 4.30. The average Bonchev–Trinajstić information content (AvgIpc) is 2.76. The van der Waals surface area contributed by atoms with Crippen molar-refractivity contribution in [1.82, 2.24) is 4.98 Å². The highest BCUT2D eigenvalue weighted by Crippen LogP contribution is 2.11. The third-order valence-electron chi connectivity index (χ3n) is 1.96. The molecule has 0 aliphatic rings. The van der Waals surface area contributed by atoms with E-state index < -0.39 is 30.4 Å². The molecule has 104 valence electrons. The second-order valence-electron chi connectivity index (χ2n) is 3.39. The minimum Gasteiger partial charge on any atom is -0.481 e. The highest BCUT2D eigenvalue weighted by molar-refractivity contribution is 5.87. The Morgan fingerprint density at radius 2 is 2.16 bits per heavy atom. The summed E-state index contributed by atoms with van der Waals surface area (Å²) in [5.41, 5.74) is -0.135. The molecule has 1 heterocycles. The second-order valence-corrected chi connectivity index (χ2v) is 3.39.